The molecule has 1 aromatic rings. The summed E-state index contributed by atoms with van der Waals surface area (Å²) in [6, 6.07) is 5.74. The van der Waals surface area contributed by atoms with E-state index in [1.165, 1.54) is 18.2 Å². The van der Waals surface area contributed by atoms with E-state index in [9.17, 15) is 13.7 Å². The van der Waals surface area contributed by atoms with Crippen molar-refractivity contribution in [3.8, 4) is 0 Å². The van der Waals surface area contributed by atoms with Gasteiger partial charge in [0.25, 0.3) is 0 Å². The third-order valence-corrected chi connectivity index (χ3v) is 1.85. The summed E-state index contributed by atoms with van der Waals surface area (Å²) in [5.41, 5.74) is -0.0548. The second-order valence-corrected chi connectivity index (χ2v) is 2.70. The molecule has 5 heteroatoms. The molecule has 0 aliphatic carbocycles. The second-order valence-electron chi connectivity index (χ2n) is 1.79. The average molecular weight is 170 g/mol. The van der Waals surface area contributed by atoms with E-state index in [0.29, 0.717) is 0 Å². The van der Waals surface area contributed by atoms with Crippen LogP contribution in [0.4, 0.5) is 5.69 Å². The van der Waals surface area contributed by atoms with Crippen LogP contribution in [0.1, 0.15) is 0 Å². The lowest BCUT2D eigenvalue weighted by molar-refractivity contribution is 0.537. The van der Waals surface area contributed by atoms with E-state index in [-0.39, 0.29) is 10.6 Å². The summed E-state index contributed by atoms with van der Waals surface area (Å²) in [6.45, 7) is 0. The fourth-order valence-corrected chi connectivity index (χ4v) is 1.14. The van der Waals surface area contributed by atoms with Gasteiger partial charge in [-0.3, -0.25) is 4.21 Å². The van der Waals surface area contributed by atoms with Crippen LogP contribution in [-0.2, 0) is 11.1 Å². The molecule has 0 amide bonds. The minimum atomic E-state index is -2.38. The summed E-state index contributed by atoms with van der Waals surface area (Å²) >= 11 is -2.38. The van der Waals surface area contributed by atoms with Crippen LogP contribution >= 0.6 is 0 Å². The van der Waals surface area contributed by atoms with Crippen LogP contribution in [0.15, 0.2) is 34.3 Å². The highest BCUT2D eigenvalue weighted by molar-refractivity contribution is 7.79. The van der Waals surface area contributed by atoms with Crippen molar-refractivity contribution in [2.75, 3.05) is 0 Å². The van der Waals surface area contributed by atoms with Crippen LogP contribution in [-0.4, -0.2) is 8.76 Å². The molecule has 0 N–H and O–H groups in total. The molecule has 0 bridgehead atoms. The summed E-state index contributed by atoms with van der Waals surface area (Å²) in [5.74, 6) is 0. The van der Waals surface area contributed by atoms with E-state index in [0.717, 1.165) is 0 Å². The Hall–Kier alpha value is -1.07. The van der Waals surface area contributed by atoms with Crippen molar-refractivity contribution in [3.05, 3.63) is 29.2 Å². The van der Waals surface area contributed by atoms with Crippen molar-refractivity contribution in [1.29, 1.82) is 0 Å². The molecule has 0 aliphatic heterocycles. The highest BCUT2D eigenvalue weighted by Gasteiger charge is 1.99. The van der Waals surface area contributed by atoms with Gasteiger partial charge in [0.15, 0.2) is 0 Å². The normalized spacial score (nSPS) is 12.5. The molecule has 0 aliphatic rings. The minimum Gasteiger partial charge on any atom is -0.768 e. The maximum absolute atomic E-state index is 10.4. The molecule has 0 aromatic heterocycles. The minimum absolute atomic E-state index is 0.0548. The van der Waals surface area contributed by atoms with Crippen LogP contribution in [0.25, 0.3) is 0 Å². The summed E-state index contributed by atoms with van der Waals surface area (Å²) in [6.07, 6.45) is 0. The Kier molecular flexibility index (Phi) is 2.45. The number of hydrogen-bond donors (Lipinski definition) is 0. The van der Waals surface area contributed by atoms with Crippen LogP contribution in [0.5, 0.6) is 0 Å². The summed E-state index contributed by atoms with van der Waals surface area (Å²) in [7, 11) is 0. The summed E-state index contributed by atoms with van der Waals surface area (Å²) in [4.78, 5) is 9.94. The smallest absolute Gasteiger partial charge is 0.122 e. The van der Waals surface area contributed by atoms with E-state index >= 15 is 0 Å². The lowest BCUT2D eigenvalue weighted by Gasteiger charge is -2.04. The molecule has 58 valence electrons. The predicted molar refractivity (Wildman–Crippen MR) is 39.1 cm³/mol. The predicted octanol–water partition coefficient (Wildman–Crippen LogP) is 1.32. The van der Waals surface area contributed by atoms with Crippen LogP contribution in [0, 0.1) is 4.91 Å². The molecule has 11 heavy (non-hydrogen) atoms. The van der Waals surface area contributed by atoms with E-state index in [4.69, 9.17) is 0 Å². The first-order valence-corrected chi connectivity index (χ1v) is 3.85. The third kappa shape index (κ3) is 1.69. The molecule has 0 saturated heterocycles. The maximum Gasteiger partial charge on any atom is 0.122 e. The Bertz CT molecular complexity index is 300. The van der Waals surface area contributed by atoms with Gasteiger partial charge < -0.3 is 4.55 Å². The Morgan fingerprint density at radius 1 is 1.36 bits per heavy atom. The molecule has 0 spiro atoms. The zero-order valence-corrected chi connectivity index (χ0v) is 6.21. The zero-order valence-electron chi connectivity index (χ0n) is 5.39. The van der Waals surface area contributed by atoms with Gasteiger partial charge in [0.05, 0.1) is 4.90 Å². The number of nitrogens with zero attached hydrogens (tertiary/aromatic N) is 1. The largest absolute Gasteiger partial charge is 0.768 e. The van der Waals surface area contributed by atoms with Crippen LogP contribution < -0.4 is 0 Å². The molecule has 1 unspecified atom stereocenters. The third-order valence-electron chi connectivity index (χ3n) is 1.14. The molecule has 0 saturated carbocycles. The fourth-order valence-electron chi connectivity index (χ4n) is 0.674. The summed E-state index contributed by atoms with van der Waals surface area (Å²) < 4.78 is 20.8. The Morgan fingerprint density at radius 3 is 2.45 bits per heavy atom. The van der Waals surface area contributed by atoms with Crippen LogP contribution in [0.2, 0.25) is 0 Å². The van der Waals surface area contributed by atoms with Gasteiger partial charge in [-0.1, -0.05) is 12.1 Å². The monoisotopic (exact) mass is 170 g/mol. The molecule has 1 aromatic carbocycles. The SMILES string of the molecule is O=Nc1ccccc1S(=O)[O-]. The Labute approximate surface area is 65.5 Å². The maximum atomic E-state index is 10.4. The van der Waals surface area contributed by atoms with Crippen LogP contribution in [0.3, 0.4) is 0 Å². The van der Waals surface area contributed by atoms with Crippen molar-refractivity contribution in [2.24, 2.45) is 5.18 Å². The van der Waals surface area contributed by atoms with Crippen molar-refractivity contribution in [3.63, 3.8) is 0 Å². The van der Waals surface area contributed by atoms with Crippen molar-refractivity contribution in [2.45, 2.75) is 4.90 Å². The van der Waals surface area contributed by atoms with Gasteiger partial charge in [-0.2, -0.15) is 0 Å². The van der Waals surface area contributed by atoms with Crippen molar-refractivity contribution in [1.82, 2.24) is 0 Å². The van der Waals surface area contributed by atoms with Gasteiger partial charge in [0.2, 0.25) is 0 Å². The average Bonchev–Trinajstić information content (AvgIpc) is 2.04. The van der Waals surface area contributed by atoms with Gasteiger partial charge in [0, 0.05) is 0 Å². The first-order valence-electron chi connectivity index (χ1n) is 2.77. The van der Waals surface area contributed by atoms with Gasteiger partial charge >= 0.3 is 0 Å². The molecule has 1 atom stereocenters. The number of hydrogen-bond acceptors (Lipinski definition) is 4. The van der Waals surface area contributed by atoms with Crippen molar-refractivity contribution < 1.29 is 8.76 Å². The summed E-state index contributed by atoms with van der Waals surface area (Å²) in [5, 5.41) is 2.55. The fraction of sp³-hybridized carbons (Fsp3) is 0. The quantitative estimate of drug-likeness (QED) is 0.496. The van der Waals surface area contributed by atoms with E-state index in [2.05, 4.69) is 5.18 Å². The molecule has 0 fully saturated rings. The van der Waals surface area contributed by atoms with Gasteiger partial charge in [0.1, 0.15) is 5.69 Å². The lowest BCUT2D eigenvalue weighted by Crippen LogP contribution is -1.87. The standard InChI is InChI=1S/C6H5NO3S/c8-7-5-3-1-2-4-6(5)11(9)10/h1-4H,(H,9,10)/p-1. The Morgan fingerprint density at radius 2 is 2.00 bits per heavy atom. The molecule has 4 nitrogen and oxygen atoms in total. The topological polar surface area (TPSA) is 69.6 Å². The first kappa shape index (κ1) is 8.03. The number of rotatable bonds is 2. The highest BCUT2D eigenvalue weighted by atomic mass is 32.2. The number of benzene rings is 1. The second kappa shape index (κ2) is 3.36. The van der Waals surface area contributed by atoms with E-state index in [1.807, 2.05) is 0 Å². The number of nitroso groups, excluding NO2 is 1. The lowest BCUT2D eigenvalue weighted by atomic mass is 10.3. The molecular formula is C6H4NO3S-. The highest BCUT2D eigenvalue weighted by Crippen LogP contribution is 2.20. The molecular weight excluding hydrogens is 166 g/mol. The van der Waals surface area contributed by atoms with E-state index in [1.54, 1.807) is 6.07 Å². The Balaban J connectivity index is 3.22. The molecule has 0 heterocycles. The van der Waals surface area contributed by atoms with Gasteiger partial charge in [-0.05, 0) is 28.4 Å². The first-order chi connectivity index (χ1) is 5.25. The van der Waals surface area contributed by atoms with Gasteiger partial charge in [-0.15, -0.1) is 4.91 Å². The molecule has 1 rings (SSSR count). The zero-order chi connectivity index (χ0) is 8.27. The van der Waals surface area contributed by atoms with Gasteiger partial charge in [-0.25, -0.2) is 0 Å². The van der Waals surface area contributed by atoms with E-state index < -0.39 is 11.1 Å². The molecule has 0 radical (unpaired) electrons. The van der Waals surface area contributed by atoms with Crippen molar-refractivity contribution >= 4 is 16.8 Å².